The standard InChI is InChI=1S/C10H5BrClNO3/c11-6-4-2-1-3-5(6)9-7(12)8(10(14)15)13-16-9/h1-4H,(H,14,15). The molecule has 0 unspecified atom stereocenters. The van der Waals surface area contributed by atoms with Crippen molar-refractivity contribution in [1.29, 1.82) is 0 Å². The Labute approximate surface area is 104 Å². The summed E-state index contributed by atoms with van der Waals surface area (Å²) in [5.74, 6) is -0.974. The van der Waals surface area contributed by atoms with Crippen LogP contribution in [0.15, 0.2) is 33.3 Å². The van der Waals surface area contributed by atoms with Crippen molar-refractivity contribution < 1.29 is 14.4 Å². The number of rotatable bonds is 2. The van der Waals surface area contributed by atoms with E-state index in [4.69, 9.17) is 21.2 Å². The molecule has 0 saturated carbocycles. The Morgan fingerprint density at radius 1 is 1.44 bits per heavy atom. The number of carboxylic acid groups (broad SMARTS) is 1. The fourth-order valence-electron chi connectivity index (χ4n) is 1.22. The molecule has 0 fully saturated rings. The number of hydrogen-bond acceptors (Lipinski definition) is 3. The van der Waals surface area contributed by atoms with Crippen molar-refractivity contribution in [2.75, 3.05) is 0 Å². The smallest absolute Gasteiger partial charge is 0.359 e. The van der Waals surface area contributed by atoms with Crippen LogP contribution in [-0.4, -0.2) is 16.2 Å². The second-order valence-corrected chi connectivity index (χ2v) is 4.19. The highest BCUT2D eigenvalue weighted by Gasteiger charge is 2.21. The van der Waals surface area contributed by atoms with Crippen molar-refractivity contribution in [2.24, 2.45) is 0 Å². The first-order valence-corrected chi connectivity index (χ1v) is 5.41. The third-order valence-electron chi connectivity index (χ3n) is 1.96. The number of aromatic nitrogens is 1. The lowest BCUT2D eigenvalue weighted by Gasteiger charge is -1.98. The summed E-state index contributed by atoms with van der Waals surface area (Å²) in [4.78, 5) is 10.7. The van der Waals surface area contributed by atoms with Gasteiger partial charge in [0.2, 0.25) is 5.69 Å². The molecule has 0 amide bonds. The van der Waals surface area contributed by atoms with Gasteiger partial charge in [-0.15, -0.1) is 0 Å². The van der Waals surface area contributed by atoms with Gasteiger partial charge in [0.05, 0.1) is 0 Å². The van der Waals surface area contributed by atoms with Crippen LogP contribution in [0.1, 0.15) is 10.5 Å². The van der Waals surface area contributed by atoms with Gasteiger partial charge < -0.3 is 9.63 Å². The third-order valence-corrected chi connectivity index (χ3v) is 3.00. The molecule has 0 atom stereocenters. The molecular formula is C10H5BrClNO3. The summed E-state index contributed by atoms with van der Waals surface area (Å²) in [5, 5.41) is 12.2. The van der Waals surface area contributed by atoms with E-state index in [0.29, 0.717) is 5.56 Å². The average molecular weight is 303 g/mol. The zero-order valence-electron chi connectivity index (χ0n) is 7.78. The number of carboxylic acids is 1. The SMILES string of the molecule is O=C(O)c1noc(-c2ccccc2Br)c1Cl. The summed E-state index contributed by atoms with van der Waals surface area (Å²) in [6, 6.07) is 7.17. The molecule has 0 radical (unpaired) electrons. The lowest BCUT2D eigenvalue weighted by molar-refractivity contribution is 0.0686. The Bertz CT molecular complexity index is 553. The monoisotopic (exact) mass is 301 g/mol. The normalized spacial score (nSPS) is 10.4. The summed E-state index contributed by atoms with van der Waals surface area (Å²) in [7, 11) is 0. The summed E-state index contributed by atoms with van der Waals surface area (Å²) < 4.78 is 5.69. The minimum absolute atomic E-state index is 0.000556. The molecule has 0 aliphatic carbocycles. The second-order valence-electron chi connectivity index (χ2n) is 2.96. The fraction of sp³-hybridized carbons (Fsp3) is 0. The van der Waals surface area contributed by atoms with Crippen LogP contribution in [0.4, 0.5) is 0 Å². The van der Waals surface area contributed by atoms with Crippen LogP contribution >= 0.6 is 27.5 Å². The van der Waals surface area contributed by atoms with Gasteiger partial charge in [0, 0.05) is 10.0 Å². The van der Waals surface area contributed by atoms with E-state index in [-0.39, 0.29) is 16.5 Å². The van der Waals surface area contributed by atoms with Crippen molar-refractivity contribution >= 4 is 33.5 Å². The first-order valence-electron chi connectivity index (χ1n) is 4.24. The number of carbonyl (C=O) groups is 1. The molecule has 1 aromatic carbocycles. The van der Waals surface area contributed by atoms with Gasteiger partial charge in [0.15, 0.2) is 5.76 Å². The molecule has 0 aliphatic rings. The van der Waals surface area contributed by atoms with E-state index in [1.807, 2.05) is 6.07 Å². The van der Waals surface area contributed by atoms with Gasteiger partial charge in [-0.2, -0.15) is 0 Å². The summed E-state index contributed by atoms with van der Waals surface area (Å²) in [6.07, 6.45) is 0. The zero-order chi connectivity index (χ0) is 11.7. The van der Waals surface area contributed by atoms with E-state index < -0.39 is 5.97 Å². The van der Waals surface area contributed by atoms with Gasteiger partial charge in [-0.05, 0) is 12.1 Å². The molecule has 6 heteroatoms. The molecule has 2 aromatic rings. The van der Waals surface area contributed by atoms with E-state index in [2.05, 4.69) is 21.1 Å². The van der Waals surface area contributed by atoms with Crippen LogP contribution in [0.3, 0.4) is 0 Å². The molecule has 4 nitrogen and oxygen atoms in total. The van der Waals surface area contributed by atoms with E-state index in [0.717, 1.165) is 4.47 Å². The van der Waals surface area contributed by atoms with Gasteiger partial charge in [-0.3, -0.25) is 0 Å². The maximum Gasteiger partial charge on any atom is 0.359 e. The first kappa shape index (κ1) is 11.2. The predicted octanol–water partition coefficient (Wildman–Crippen LogP) is 3.46. The van der Waals surface area contributed by atoms with Crippen molar-refractivity contribution in [3.05, 3.63) is 39.5 Å². The number of hydrogen-bond donors (Lipinski definition) is 1. The third kappa shape index (κ3) is 1.83. The number of aromatic carboxylic acids is 1. The topological polar surface area (TPSA) is 63.3 Å². The Morgan fingerprint density at radius 2 is 2.12 bits per heavy atom. The Hall–Kier alpha value is -1.33. The summed E-state index contributed by atoms with van der Waals surface area (Å²) in [5.41, 5.74) is 0.375. The predicted molar refractivity (Wildman–Crippen MR) is 61.6 cm³/mol. The molecular weight excluding hydrogens is 297 g/mol. The molecule has 0 spiro atoms. The lowest BCUT2D eigenvalue weighted by Crippen LogP contribution is -1.96. The van der Waals surface area contributed by atoms with E-state index >= 15 is 0 Å². The van der Waals surface area contributed by atoms with Crippen LogP contribution in [0.5, 0.6) is 0 Å². The maximum absolute atomic E-state index is 10.7. The number of nitrogens with zero attached hydrogens (tertiary/aromatic N) is 1. The fourth-order valence-corrected chi connectivity index (χ4v) is 1.94. The highest BCUT2D eigenvalue weighted by Crippen LogP contribution is 2.35. The quantitative estimate of drug-likeness (QED) is 0.923. The summed E-state index contributed by atoms with van der Waals surface area (Å²) in [6.45, 7) is 0. The maximum atomic E-state index is 10.7. The Balaban J connectivity index is 2.58. The van der Waals surface area contributed by atoms with Crippen molar-refractivity contribution in [3.63, 3.8) is 0 Å². The van der Waals surface area contributed by atoms with Gasteiger partial charge in [0.25, 0.3) is 0 Å². The summed E-state index contributed by atoms with van der Waals surface area (Å²) >= 11 is 9.19. The van der Waals surface area contributed by atoms with Crippen LogP contribution in [0.2, 0.25) is 5.02 Å². The highest BCUT2D eigenvalue weighted by atomic mass is 79.9. The molecule has 0 bridgehead atoms. The average Bonchev–Trinajstić information content (AvgIpc) is 2.61. The zero-order valence-corrected chi connectivity index (χ0v) is 10.1. The lowest BCUT2D eigenvalue weighted by atomic mass is 10.1. The van der Waals surface area contributed by atoms with Gasteiger partial charge >= 0.3 is 5.97 Å². The van der Waals surface area contributed by atoms with Crippen molar-refractivity contribution in [1.82, 2.24) is 5.16 Å². The van der Waals surface area contributed by atoms with Crippen LogP contribution < -0.4 is 0 Å². The minimum Gasteiger partial charge on any atom is -0.476 e. The molecule has 0 saturated heterocycles. The second kappa shape index (κ2) is 4.27. The number of benzene rings is 1. The molecule has 1 N–H and O–H groups in total. The molecule has 1 aromatic heterocycles. The van der Waals surface area contributed by atoms with Crippen molar-refractivity contribution in [2.45, 2.75) is 0 Å². The van der Waals surface area contributed by atoms with Gasteiger partial charge in [-0.25, -0.2) is 4.79 Å². The Morgan fingerprint density at radius 3 is 2.69 bits per heavy atom. The van der Waals surface area contributed by atoms with Crippen LogP contribution in [0, 0.1) is 0 Å². The van der Waals surface area contributed by atoms with E-state index in [1.165, 1.54) is 0 Å². The van der Waals surface area contributed by atoms with Gasteiger partial charge in [-0.1, -0.05) is 44.8 Å². The van der Waals surface area contributed by atoms with Crippen LogP contribution in [-0.2, 0) is 0 Å². The highest BCUT2D eigenvalue weighted by molar-refractivity contribution is 9.10. The van der Waals surface area contributed by atoms with Crippen LogP contribution in [0.25, 0.3) is 11.3 Å². The molecule has 1 heterocycles. The molecule has 16 heavy (non-hydrogen) atoms. The molecule has 2 rings (SSSR count). The first-order chi connectivity index (χ1) is 7.61. The van der Waals surface area contributed by atoms with Crippen molar-refractivity contribution in [3.8, 4) is 11.3 Å². The minimum atomic E-state index is -1.22. The largest absolute Gasteiger partial charge is 0.476 e. The Kier molecular flexibility index (Phi) is 2.98. The van der Waals surface area contributed by atoms with Gasteiger partial charge in [0.1, 0.15) is 5.02 Å². The van der Waals surface area contributed by atoms with E-state index in [1.54, 1.807) is 18.2 Å². The number of halogens is 2. The van der Waals surface area contributed by atoms with E-state index in [9.17, 15) is 4.79 Å². The molecule has 82 valence electrons. The molecule has 0 aliphatic heterocycles.